The van der Waals surface area contributed by atoms with E-state index in [4.69, 9.17) is 0 Å². The zero-order valence-corrected chi connectivity index (χ0v) is 18.2. The van der Waals surface area contributed by atoms with E-state index in [1.807, 2.05) is 42.8 Å². The first-order chi connectivity index (χ1) is 15.5. The molecule has 0 bridgehead atoms. The number of urea groups is 1. The number of rotatable bonds is 6. The molecular formula is C23H22FN5O2S. The zero-order chi connectivity index (χ0) is 22.5. The molecule has 0 fully saturated rings. The topological polar surface area (TPSA) is 85.8 Å². The second-order valence-corrected chi connectivity index (χ2v) is 8.23. The molecule has 1 aliphatic heterocycles. The highest BCUT2D eigenvalue weighted by molar-refractivity contribution is 7.10. The summed E-state index contributed by atoms with van der Waals surface area (Å²) in [6.45, 7) is 1.67. The van der Waals surface area contributed by atoms with Crippen LogP contribution in [0.4, 0.5) is 20.6 Å². The van der Waals surface area contributed by atoms with E-state index in [0.29, 0.717) is 16.3 Å². The van der Waals surface area contributed by atoms with Crippen LogP contribution in [0.2, 0.25) is 0 Å². The molecule has 1 aliphatic rings. The summed E-state index contributed by atoms with van der Waals surface area (Å²) < 4.78 is 13.1. The minimum Gasteiger partial charge on any atom is -0.358 e. The van der Waals surface area contributed by atoms with Gasteiger partial charge in [-0.2, -0.15) is 0 Å². The molecule has 164 valence electrons. The smallest absolute Gasteiger partial charge is 0.320 e. The summed E-state index contributed by atoms with van der Waals surface area (Å²) in [6, 6.07) is 15.0. The van der Waals surface area contributed by atoms with Crippen molar-refractivity contribution < 1.29 is 14.0 Å². The first-order valence-corrected chi connectivity index (χ1v) is 10.9. The largest absolute Gasteiger partial charge is 0.358 e. The lowest BCUT2D eigenvalue weighted by molar-refractivity contribution is -0.118. The van der Waals surface area contributed by atoms with Crippen molar-refractivity contribution in [3.05, 3.63) is 82.3 Å². The molecule has 0 aliphatic carbocycles. The van der Waals surface area contributed by atoms with Crippen molar-refractivity contribution in [1.29, 1.82) is 0 Å². The van der Waals surface area contributed by atoms with E-state index in [1.54, 1.807) is 6.07 Å². The molecule has 3 amide bonds. The number of carbonyl (C=O) groups is 2. The molecule has 3 aromatic rings. The van der Waals surface area contributed by atoms with Gasteiger partial charge in [0, 0.05) is 35.4 Å². The maximum absolute atomic E-state index is 13.1. The molecule has 4 rings (SSSR count). The lowest BCUT2D eigenvalue weighted by atomic mass is 10.1. The predicted molar refractivity (Wildman–Crippen MR) is 125 cm³/mol. The van der Waals surface area contributed by atoms with Gasteiger partial charge in [-0.25, -0.2) is 9.18 Å². The van der Waals surface area contributed by atoms with Crippen LogP contribution in [-0.4, -0.2) is 42.8 Å². The van der Waals surface area contributed by atoms with Crippen LogP contribution in [0.15, 0.2) is 71.0 Å². The van der Waals surface area contributed by atoms with Crippen molar-refractivity contribution in [3.8, 4) is 0 Å². The zero-order valence-electron chi connectivity index (χ0n) is 17.3. The number of nitrogens with zero attached hydrogens (tertiary/aromatic N) is 2. The van der Waals surface area contributed by atoms with Crippen LogP contribution in [0, 0.1) is 5.82 Å². The molecule has 1 atom stereocenters. The van der Waals surface area contributed by atoms with Gasteiger partial charge in [0.15, 0.2) is 0 Å². The quantitative estimate of drug-likeness (QED) is 0.528. The highest BCUT2D eigenvalue weighted by Gasteiger charge is 2.24. The van der Waals surface area contributed by atoms with Crippen LogP contribution < -0.4 is 16.0 Å². The Hall–Kier alpha value is -3.72. The second kappa shape index (κ2) is 9.61. The van der Waals surface area contributed by atoms with Crippen molar-refractivity contribution in [2.45, 2.75) is 6.04 Å². The molecule has 7 nitrogen and oxygen atoms in total. The Morgan fingerprint density at radius 2 is 1.72 bits per heavy atom. The van der Waals surface area contributed by atoms with Crippen LogP contribution in [0.5, 0.6) is 0 Å². The number of hydrogen-bond acceptors (Lipinski definition) is 5. The number of carbonyl (C=O) groups excluding carboxylic acids is 2. The van der Waals surface area contributed by atoms with E-state index in [1.165, 1.54) is 35.6 Å². The summed E-state index contributed by atoms with van der Waals surface area (Å²) in [5, 5.41) is 10.0. The molecule has 1 unspecified atom stereocenters. The maximum Gasteiger partial charge on any atom is 0.320 e. The highest BCUT2D eigenvalue weighted by Crippen LogP contribution is 2.22. The van der Waals surface area contributed by atoms with Gasteiger partial charge < -0.3 is 20.9 Å². The van der Waals surface area contributed by atoms with Crippen LogP contribution in [-0.2, 0) is 4.79 Å². The van der Waals surface area contributed by atoms with Gasteiger partial charge in [-0.1, -0.05) is 6.07 Å². The average Bonchev–Trinajstić information content (AvgIpc) is 3.46. The van der Waals surface area contributed by atoms with Crippen LogP contribution >= 0.6 is 11.3 Å². The van der Waals surface area contributed by atoms with Crippen molar-refractivity contribution in [2.24, 2.45) is 4.99 Å². The molecule has 0 saturated heterocycles. The van der Waals surface area contributed by atoms with E-state index < -0.39 is 17.9 Å². The molecule has 0 saturated carbocycles. The predicted octanol–water partition coefficient (Wildman–Crippen LogP) is 4.08. The monoisotopic (exact) mass is 451 g/mol. The Balaban J connectivity index is 1.44. The molecule has 1 aromatic heterocycles. The van der Waals surface area contributed by atoms with Crippen LogP contribution in [0.1, 0.15) is 16.5 Å². The molecule has 0 spiro atoms. The molecular weight excluding hydrogens is 429 g/mol. The summed E-state index contributed by atoms with van der Waals surface area (Å²) in [7, 11) is 2.00. The first-order valence-electron chi connectivity index (χ1n) is 10.0. The Morgan fingerprint density at radius 3 is 2.34 bits per heavy atom. The number of thiophene rings is 1. The molecule has 0 radical (unpaired) electrons. The number of benzene rings is 2. The normalized spacial score (nSPS) is 13.9. The van der Waals surface area contributed by atoms with E-state index in [0.717, 1.165) is 24.5 Å². The Kier molecular flexibility index (Phi) is 6.46. The van der Waals surface area contributed by atoms with Crippen molar-refractivity contribution >= 4 is 40.5 Å². The molecule has 3 N–H and O–H groups in total. The van der Waals surface area contributed by atoms with Gasteiger partial charge in [0.1, 0.15) is 17.7 Å². The van der Waals surface area contributed by atoms with Crippen molar-refractivity contribution in [2.75, 3.05) is 30.8 Å². The first kappa shape index (κ1) is 21.5. The van der Waals surface area contributed by atoms with Gasteiger partial charge in [-0.3, -0.25) is 9.79 Å². The van der Waals surface area contributed by atoms with E-state index in [9.17, 15) is 14.0 Å². The molecule has 9 heteroatoms. The minimum atomic E-state index is -0.888. The Morgan fingerprint density at radius 1 is 1.03 bits per heavy atom. The number of hydrogen-bond donors (Lipinski definition) is 3. The second-order valence-electron chi connectivity index (χ2n) is 7.25. The van der Waals surface area contributed by atoms with E-state index in [2.05, 4.69) is 25.8 Å². The fraction of sp³-hybridized carbons (Fsp3) is 0.174. The number of nitrogens with one attached hydrogen (secondary N) is 3. The third-order valence-electron chi connectivity index (χ3n) is 4.94. The summed E-state index contributed by atoms with van der Waals surface area (Å²) in [5.74, 6) is 0.160. The minimum absolute atomic E-state index is 0.371. The van der Waals surface area contributed by atoms with Crippen LogP contribution in [0.25, 0.3) is 0 Å². The van der Waals surface area contributed by atoms with Gasteiger partial charge in [0.25, 0.3) is 5.91 Å². The van der Waals surface area contributed by atoms with E-state index in [-0.39, 0.29) is 5.91 Å². The highest BCUT2D eigenvalue weighted by atomic mass is 32.1. The molecule has 2 aromatic carbocycles. The van der Waals surface area contributed by atoms with Crippen molar-refractivity contribution in [1.82, 2.24) is 10.2 Å². The SMILES string of the molecule is CN1CCN=C1c1ccc(NC(=O)C(NC(=O)Nc2ccc(F)cc2)c2cccs2)cc1. The van der Waals surface area contributed by atoms with Crippen LogP contribution in [0.3, 0.4) is 0 Å². The third-order valence-corrected chi connectivity index (χ3v) is 5.87. The number of anilines is 2. The summed E-state index contributed by atoms with van der Waals surface area (Å²) in [4.78, 5) is 32.8. The number of halogens is 1. The average molecular weight is 452 g/mol. The van der Waals surface area contributed by atoms with Gasteiger partial charge >= 0.3 is 6.03 Å². The lowest BCUT2D eigenvalue weighted by Crippen LogP contribution is -2.39. The summed E-state index contributed by atoms with van der Waals surface area (Å²) in [5.41, 5.74) is 2.02. The van der Waals surface area contributed by atoms with Gasteiger partial charge in [0.2, 0.25) is 0 Å². The summed E-state index contributed by atoms with van der Waals surface area (Å²) >= 11 is 1.37. The number of amides is 3. The Labute approximate surface area is 189 Å². The number of likely N-dealkylation sites (N-methyl/N-ethyl adjacent to an activating group) is 1. The molecule has 2 heterocycles. The molecule has 32 heavy (non-hydrogen) atoms. The van der Waals surface area contributed by atoms with Gasteiger partial charge in [0.05, 0.1) is 6.54 Å². The van der Waals surface area contributed by atoms with E-state index >= 15 is 0 Å². The number of aliphatic imine (C=N–C) groups is 1. The maximum atomic E-state index is 13.1. The summed E-state index contributed by atoms with van der Waals surface area (Å²) in [6.07, 6.45) is 0. The third kappa shape index (κ3) is 5.12. The van der Waals surface area contributed by atoms with Gasteiger partial charge in [-0.15, -0.1) is 11.3 Å². The Bertz CT molecular complexity index is 1110. The van der Waals surface area contributed by atoms with Gasteiger partial charge in [-0.05, 0) is 60.0 Å². The fourth-order valence-corrected chi connectivity index (χ4v) is 4.09. The standard InChI is InChI=1S/C23H22FN5O2S/c1-29-13-12-25-21(29)15-4-8-17(9-5-15)26-22(30)20(19-3-2-14-32-19)28-23(31)27-18-10-6-16(24)7-11-18/h2-11,14,20H,12-13H2,1H3,(H,26,30)(H2,27,28,31). The fourth-order valence-electron chi connectivity index (χ4n) is 3.31. The lowest BCUT2D eigenvalue weighted by Gasteiger charge is -2.18. The van der Waals surface area contributed by atoms with Crippen molar-refractivity contribution in [3.63, 3.8) is 0 Å². The number of amidine groups is 1.